The van der Waals surface area contributed by atoms with E-state index in [1.165, 1.54) is 5.39 Å². The van der Waals surface area contributed by atoms with Gasteiger partial charge in [0, 0.05) is 10.7 Å². The lowest BCUT2D eigenvalue weighted by atomic mass is 10.0. The van der Waals surface area contributed by atoms with Crippen LogP contribution in [0.5, 0.6) is 0 Å². The Morgan fingerprint density at radius 3 is 2.59 bits per heavy atom. The molecule has 144 valence electrons. The van der Waals surface area contributed by atoms with Crippen molar-refractivity contribution in [2.75, 3.05) is 0 Å². The molecule has 5 nitrogen and oxygen atoms in total. The molecule has 3 aromatic carbocycles. The molecule has 1 aromatic heterocycles. The SMILES string of the molecule is C/C(=N/NC(=O)c1ccn(Cc2ccc(Br)cc2)n1)c1ccc2ccccc2c1. The van der Waals surface area contributed by atoms with Crippen LogP contribution in [0, 0.1) is 0 Å². The first kappa shape index (κ1) is 19.1. The Balaban J connectivity index is 1.43. The number of hydrogen-bond acceptors (Lipinski definition) is 3. The first-order valence-corrected chi connectivity index (χ1v) is 9.99. The second-order valence-corrected chi connectivity index (χ2v) is 7.64. The van der Waals surface area contributed by atoms with E-state index in [9.17, 15) is 4.79 Å². The van der Waals surface area contributed by atoms with Gasteiger partial charge in [-0.1, -0.05) is 64.5 Å². The molecule has 4 aromatic rings. The van der Waals surface area contributed by atoms with Gasteiger partial charge in [0.25, 0.3) is 5.91 Å². The van der Waals surface area contributed by atoms with Gasteiger partial charge in [0.1, 0.15) is 0 Å². The van der Waals surface area contributed by atoms with Crippen LogP contribution in [0.2, 0.25) is 0 Å². The quantitative estimate of drug-likeness (QED) is 0.346. The molecule has 0 saturated heterocycles. The third-order valence-electron chi connectivity index (χ3n) is 4.62. The summed E-state index contributed by atoms with van der Waals surface area (Å²) in [6.07, 6.45) is 1.79. The predicted octanol–water partition coefficient (Wildman–Crippen LogP) is 5.00. The van der Waals surface area contributed by atoms with Gasteiger partial charge in [0.15, 0.2) is 5.69 Å². The second-order valence-electron chi connectivity index (χ2n) is 6.73. The number of nitrogens with one attached hydrogen (secondary N) is 1. The lowest BCUT2D eigenvalue weighted by molar-refractivity contribution is 0.0949. The number of hydrogen-bond donors (Lipinski definition) is 1. The van der Waals surface area contributed by atoms with Gasteiger partial charge in [-0.05, 0) is 53.1 Å². The Bertz CT molecular complexity index is 1190. The van der Waals surface area contributed by atoms with Crippen LogP contribution < -0.4 is 5.43 Å². The number of carbonyl (C=O) groups excluding carboxylic acids is 1. The maximum Gasteiger partial charge on any atom is 0.291 e. The molecular weight excluding hydrogens is 428 g/mol. The summed E-state index contributed by atoms with van der Waals surface area (Å²) < 4.78 is 2.76. The summed E-state index contributed by atoms with van der Waals surface area (Å²) in [6, 6.07) is 23.9. The van der Waals surface area contributed by atoms with Crippen LogP contribution in [0.3, 0.4) is 0 Å². The number of aromatic nitrogens is 2. The van der Waals surface area contributed by atoms with Crippen molar-refractivity contribution in [1.82, 2.24) is 15.2 Å². The molecule has 0 spiro atoms. The minimum absolute atomic E-state index is 0.331. The molecule has 0 aliphatic carbocycles. The Morgan fingerprint density at radius 1 is 1.03 bits per heavy atom. The Hall–Kier alpha value is -3.25. The van der Waals surface area contributed by atoms with Crippen LogP contribution in [0.25, 0.3) is 10.8 Å². The highest BCUT2D eigenvalue weighted by Crippen LogP contribution is 2.16. The smallest absolute Gasteiger partial charge is 0.268 e. The second kappa shape index (κ2) is 8.41. The number of amides is 1. The minimum atomic E-state index is -0.334. The van der Waals surface area contributed by atoms with Crippen molar-refractivity contribution in [3.63, 3.8) is 0 Å². The lowest BCUT2D eigenvalue weighted by Crippen LogP contribution is -2.20. The van der Waals surface area contributed by atoms with E-state index in [0.29, 0.717) is 12.2 Å². The van der Waals surface area contributed by atoms with Crippen LogP contribution in [0.1, 0.15) is 28.5 Å². The molecule has 0 aliphatic heterocycles. The number of carbonyl (C=O) groups is 1. The van der Waals surface area contributed by atoms with Gasteiger partial charge in [0.05, 0.1) is 12.3 Å². The van der Waals surface area contributed by atoms with Crippen molar-refractivity contribution in [2.24, 2.45) is 5.10 Å². The number of benzene rings is 3. The van der Waals surface area contributed by atoms with Crippen LogP contribution in [-0.2, 0) is 6.54 Å². The van der Waals surface area contributed by atoms with E-state index in [2.05, 4.69) is 55.8 Å². The van der Waals surface area contributed by atoms with E-state index in [-0.39, 0.29) is 5.91 Å². The monoisotopic (exact) mass is 446 g/mol. The first-order valence-electron chi connectivity index (χ1n) is 9.20. The van der Waals surface area contributed by atoms with Crippen LogP contribution >= 0.6 is 15.9 Å². The van der Waals surface area contributed by atoms with Crippen molar-refractivity contribution in [3.8, 4) is 0 Å². The fourth-order valence-corrected chi connectivity index (χ4v) is 3.28. The van der Waals surface area contributed by atoms with E-state index in [1.54, 1.807) is 16.9 Å². The molecule has 1 amide bonds. The highest BCUT2D eigenvalue weighted by atomic mass is 79.9. The summed E-state index contributed by atoms with van der Waals surface area (Å²) in [7, 11) is 0. The molecule has 0 aliphatic rings. The van der Waals surface area contributed by atoms with E-state index >= 15 is 0 Å². The van der Waals surface area contributed by atoms with Gasteiger partial charge in [-0.15, -0.1) is 0 Å². The number of hydrazone groups is 1. The third kappa shape index (κ3) is 4.60. The number of rotatable bonds is 5. The summed E-state index contributed by atoms with van der Waals surface area (Å²) >= 11 is 3.42. The molecule has 0 saturated carbocycles. The predicted molar refractivity (Wildman–Crippen MR) is 119 cm³/mol. The van der Waals surface area contributed by atoms with Gasteiger partial charge < -0.3 is 0 Å². The maximum atomic E-state index is 12.4. The van der Waals surface area contributed by atoms with Gasteiger partial charge in [-0.25, -0.2) is 5.43 Å². The molecule has 0 atom stereocenters. The lowest BCUT2D eigenvalue weighted by Gasteiger charge is -2.04. The molecule has 0 fully saturated rings. The zero-order chi connectivity index (χ0) is 20.2. The minimum Gasteiger partial charge on any atom is -0.268 e. The summed E-state index contributed by atoms with van der Waals surface area (Å²) in [4.78, 5) is 12.4. The van der Waals surface area contributed by atoms with Gasteiger partial charge in [-0.3, -0.25) is 9.48 Å². The standard InChI is InChI=1S/C23H19BrN4O/c1-16(19-9-8-18-4-2-3-5-20(18)14-19)25-26-23(29)22-12-13-28(27-22)15-17-6-10-21(24)11-7-17/h2-14H,15H2,1H3,(H,26,29)/b25-16-. The Kier molecular flexibility index (Phi) is 5.53. The number of nitrogens with zero attached hydrogens (tertiary/aromatic N) is 3. The Labute approximate surface area is 177 Å². The van der Waals surface area contributed by atoms with E-state index in [0.717, 1.165) is 26.7 Å². The van der Waals surface area contributed by atoms with Gasteiger partial charge in [-0.2, -0.15) is 10.2 Å². The molecule has 0 radical (unpaired) electrons. The van der Waals surface area contributed by atoms with Crippen molar-refractivity contribution in [1.29, 1.82) is 0 Å². The Morgan fingerprint density at radius 2 is 1.79 bits per heavy atom. The fourth-order valence-electron chi connectivity index (χ4n) is 3.02. The topological polar surface area (TPSA) is 59.3 Å². The summed E-state index contributed by atoms with van der Waals surface area (Å²) in [5.74, 6) is -0.334. The fraction of sp³-hybridized carbons (Fsp3) is 0.0870. The summed E-state index contributed by atoms with van der Waals surface area (Å²) in [5.41, 5.74) is 5.73. The first-order chi connectivity index (χ1) is 14.1. The zero-order valence-corrected chi connectivity index (χ0v) is 17.4. The van der Waals surface area contributed by atoms with Crippen molar-refractivity contribution in [2.45, 2.75) is 13.5 Å². The van der Waals surface area contributed by atoms with Gasteiger partial charge >= 0.3 is 0 Å². The van der Waals surface area contributed by atoms with Gasteiger partial charge in [0.2, 0.25) is 0 Å². The highest BCUT2D eigenvalue weighted by Gasteiger charge is 2.09. The van der Waals surface area contributed by atoms with Crippen molar-refractivity contribution >= 4 is 38.3 Å². The van der Waals surface area contributed by atoms with Crippen molar-refractivity contribution in [3.05, 3.63) is 100 Å². The normalized spacial score (nSPS) is 11.6. The molecular formula is C23H19BrN4O. The highest BCUT2D eigenvalue weighted by molar-refractivity contribution is 9.10. The maximum absolute atomic E-state index is 12.4. The molecule has 29 heavy (non-hydrogen) atoms. The van der Waals surface area contributed by atoms with Crippen molar-refractivity contribution < 1.29 is 4.79 Å². The average Bonchev–Trinajstić information content (AvgIpc) is 3.21. The number of fused-ring (bicyclic) bond motifs is 1. The molecule has 0 bridgehead atoms. The average molecular weight is 447 g/mol. The molecule has 4 rings (SSSR count). The summed E-state index contributed by atoms with van der Waals surface area (Å²) in [6.45, 7) is 2.47. The summed E-state index contributed by atoms with van der Waals surface area (Å²) in [5, 5.41) is 10.9. The molecule has 1 heterocycles. The molecule has 1 N–H and O–H groups in total. The van der Waals surface area contributed by atoms with Crippen LogP contribution in [-0.4, -0.2) is 21.4 Å². The largest absolute Gasteiger partial charge is 0.291 e. The zero-order valence-electron chi connectivity index (χ0n) is 15.8. The van der Waals surface area contributed by atoms with E-state index < -0.39 is 0 Å². The van der Waals surface area contributed by atoms with E-state index in [4.69, 9.17) is 0 Å². The number of halogens is 1. The third-order valence-corrected chi connectivity index (χ3v) is 5.15. The van der Waals surface area contributed by atoms with Crippen LogP contribution in [0.4, 0.5) is 0 Å². The molecule has 6 heteroatoms. The van der Waals surface area contributed by atoms with E-state index in [1.807, 2.05) is 49.4 Å². The molecule has 0 unspecified atom stereocenters. The van der Waals surface area contributed by atoms with Crippen LogP contribution in [0.15, 0.2) is 88.6 Å².